The number of rotatable bonds is 8. The van der Waals surface area contributed by atoms with Crippen LogP contribution in [-0.4, -0.2) is 26.2 Å². The Morgan fingerprint density at radius 1 is 1.10 bits per heavy atom. The Balaban J connectivity index is 2.10. The molecule has 0 heterocycles. The van der Waals surface area contributed by atoms with Crippen molar-refractivity contribution in [1.82, 2.24) is 5.32 Å². The number of hydrogen-bond donors (Lipinski definition) is 1. The van der Waals surface area contributed by atoms with E-state index in [1.807, 2.05) is 13.8 Å². The van der Waals surface area contributed by atoms with Crippen molar-refractivity contribution < 1.29 is 23.4 Å². The molecule has 1 amide bonds. The van der Waals surface area contributed by atoms with E-state index in [4.69, 9.17) is 25.8 Å². The number of carbonyl (C=O) groups is 1. The molecule has 0 aliphatic heterocycles. The van der Waals surface area contributed by atoms with Crippen molar-refractivity contribution in [1.29, 1.82) is 0 Å². The molecule has 7 heteroatoms. The first-order valence-corrected chi connectivity index (χ1v) is 9.49. The Kier molecular flexibility index (Phi) is 7.91. The summed E-state index contributed by atoms with van der Waals surface area (Å²) in [5.41, 5.74) is 1.31. The van der Waals surface area contributed by atoms with Crippen LogP contribution in [0, 0.1) is 5.82 Å². The third kappa shape index (κ3) is 6.12. The van der Waals surface area contributed by atoms with Gasteiger partial charge in [0.05, 0.1) is 31.4 Å². The molecule has 1 N–H and O–H groups in total. The zero-order valence-corrected chi connectivity index (χ0v) is 17.8. The molecule has 0 aliphatic rings. The fraction of sp³-hybridized carbons (Fsp3) is 0.318. The molecule has 0 saturated heterocycles. The van der Waals surface area contributed by atoms with Crippen LogP contribution in [0.1, 0.15) is 37.9 Å². The zero-order valence-electron chi connectivity index (χ0n) is 17.1. The normalized spacial score (nSPS) is 12.1. The van der Waals surface area contributed by atoms with Crippen molar-refractivity contribution in [3.63, 3.8) is 0 Å². The molecule has 2 aromatic carbocycles. The van der Waals surface area contributed by atoms with Crippen LogP contribution in [0.3, 0.4) is 0 Å². The summed E-state index contributed by atoms with van der Waals surface area (Å²) in [6, 6.07) is 7.61. The average molecular weight is 422 g/mol. The van der Waals surface area contributed by atoms with Crippen molar-refractivity contribution in [2.75, 3.05) is 14.2 Å². The van der Waals surface area contributed by atoms with E-state index in [2.05, 4.69) is 5.32 Å². The summed E-state index contributed by atoms with van der Waals surface area (Å²) in [5, 5.41) is 3.18. The van der Waals surface area contributed by atoms with Crippen LogP contribution in [0.25, 0.3) is 6.08 Å². The number of amides is 1. The summed E-state index contributed by atoms with van der Waals surface area (Å²) in [6.07, 6.45) is 2.94. The van der Waals surface area contributed by atoms with E-state index in [9.17, 15) is 9.18 Å². The van der Waals surface area contributed by atoms with Crippen LogP contribution < -0.4 is 19.5 Å². The highest BCUT2D eigenvalue weighted by atomic mass is 35.5. The fourth-order valence-corrected chi connectivity index (χ4v) is 2.92. The summed E-state index contributed by atoms with van der Waals surface area (Å²) in [5.74, 6) is 0.288. The standard InChI is InChI=1S/C22H25ClFNO4/c1-13(2)29-22-17(23)10-15(11-20(22)28-5)6-9-21(26)25-14(3)16-7-8-19(27-4)18(24)12-16/h6-14H,1-5H3,(H,25,26)/b9-6+. The monoisotopic (exact) mass is 421 g/mol. The third-order valence-electron chi connectivity index (χ3n) is 4.07. The SMILES string of the molecule is COc1ccc(C(C)NC(=O)/C=C/c2cc(Cl)c(OC(C)C)c(OC)c2)cc1F. The first-order valence-electron chi connectivity index (χ1n) is 9.11. The van der Waals surface area contributed by atoms with Gasteiger partial charge in [-0.05, 0) is 62.2 Å². The molecule has 0 radical (unpaired) electrons. The highest BCUT2D eigenvalue weighted by molar-refractivity contribution is 6.32. The lowest BCUT2D eigenvalue weighted by Gasteiger charge is -2.16. The van der Waals surface area contributed by atoms with Gasteiger partial charge in [0.25, 0.3) is 0 Å². The first-order chi connectivity index (χ1) is 13.7. The molecular weight excluding hydrogens is 397 g/mol. The summed E-state index contributed by atoms with van der Waals surface area (Å²) >= 11 is 6.29. The second kappa shape index (κ2) is 10.2. The molecule has 1 unspecified atom stereocenters. The van der Waals surface area contributed by atoms with Gasteiger partial charge >= 0.3 is 0 Å². The summed E-state index contributed by atoms with van der Waals surface area (Å²) in [4.78, 5) is 12.3. The number of halogens is 2. The van der Waals surface area contributed by atoms with Gasteiger partial charge in [-0.25, -0.2) is 4.39 Å². The molecule has 2 rings (SSSR count). The van der Waals surface area contributed by atoms with Gasteiger partial charge in [-0.1, -0.05) is 17.7 Å². The molecule has 1 atom stereocenters. The van der Waals surface area contributed by atoms with Crippen molar-refractivity contribution >= 4 is 23.6 Å². The first kappa shape index (κ1) is 22.6. The summed E-state index contributed by atoms with van der Waals surface area (Å²) in [6.45, 7) is 5.55. The molecule has 5 nitrogen and oxygen atoms in total. The van der Waals surface area contributed by atoms with E-state index >= 15 is 0 Å². The van der Waals surface area contributed by atoms with Gasteiger partial charge in [0.1, 0.15) is 0 Å². The van der Waals surface area contributed by atoms with E-state index in [0.29, 0.717) is 27.6 Å². The van der Waals surface area contributed by atoms with Crippen molar-refractivity contribution in [2.45, 2.75) is 32.9 Å². The largest absolute Gasteiger partial charge is 0.494 e. The Labute approximate surface area is 175 Å². The Bertz CT molecular complexity index is 899. The lowest BCUT2D eigenvalue weighted by atomic mass is 10.1. The predicted octanol–water partition coefficient (Wildman–Crippen LogP) is 5.17. The van der Waals surface area contributed by atoms with Gasteiger partial charge in [-0.3, -0.25) is 4.79 Å². The molecule has 0 aliphatic carbocycles. The molecular formula is C22H25ClFNO4. The summed E-state index contributed by atoms with van der Waals surface area (Å²) in [7, 11) is 2.92. The Hall–Kier alpha value is -2.73. The van der Waals surface area contributed by atoms with E-state index in [-0.39, 0.29) is 23.8 Å². The Morgan fingerprint density at radius 3 is 2.38 bits per heavy atom. The number of hydrogen-bond acceptors (Lipinski definition) is 4. The van der Waals surface area contributed by atoms with Crippen LogP contribution in [0.15, 0.2) is 36.4 Å². The quantitative estimate of drug-likeness (QED) is 0.597. The van der Waals surface area contributed by atoms with E-state index in [1.54, 1.807) is 31.2 Å². The molecule has 156 valence electrons. The number of ether oxygens (including phenoxy) is 3. The molecule has 0 bridgehead atoms. The number of benzene rings is 2. The number of nitrogens with one attached hydrogen (secondary N) is 1. The highest BCUT2D eigenvalue weighted by Gasteiger charge is 2.14. The second-order valence-corrected chi connectivity index (χ2v) is 7.07. The lowest BCUT2D eigenvalue weighted by molar-refractivity contribution is -0.117. The lowest BCUT2D eigenvalue weighted by Crippen LogP contribution is -2.24. The maximum atomic E-state index is 13.9. The summed E-state index contributed by atoms with van der Waals surface area (Å²) < 4.78 is 29.8. The van der Waals surface area contributed by atoms with Crippen LogP contribution in [0.5, 0.6) is 17.2 Å². The van der Waals surface area contributed by atoms with Gasteiger partial charge in [-0.2, -0.15) is 0 Å². The fourth-order valence-electron chi connectivity index (χ4n) is 2.65. The van der Waals surface area contributed by atoms with E-state index in [0.717, 1.165) is 0 Å². The van der Waals surface area contributed by atoms with Crippen molar-refractivity contribution in [3.05, 3.63) is 58.4 Å². The zero-order chi connectivity index (χ0) is 21.6. The predicted molar refractivity (Wildman–Crippen MR) is 112 cm³/mol. The highest BCUT2D eigenvalue weighted by Crippen LogP contribution is 2.37. The van der Waals surface area contributed by atoms with E-state index in [1.165, 1.54) is 32.4 Å². The minimum absolute atomic E-state index is 0.0575. The average Bonchev–Trinajstić information content (AvgIpc) is 2.67. The third-order valence-corrected chi connectivity index (χ3v) is 4.35. The molecule has 0 spiro atoms. The minimum atomic E-state index is -0.480. The molecule has 2 aromatic rings. The van der Waals surface area contributed by atoms with Crippen LogP contribution in [0.2, 0.25) is 5.02 Å². The maximum Gasteiger partial charge on any atom is 0.244 e. The topological polar surface area (TPSA) is 56.8 Å². The van der Waals surface area contributed by atoms with Crippen LogP contribution >= 0.6 is 11.6 Å². The van der Waals surface area contributed by atoms with Gasteiger partial charge < -0.3 is 19.5 Å². The number of carbonyl (C=O) groups excluding carboxylic acids is 1. The van der Waals surface area contributed by atoms with E-state index < -0.39 is 5.82 Å². The van der Waals surface area contributed by atoms with Gasteiger partial charge in [0.15, 0.2) is 23.1 Å². The molecule has 0 aromatic heterocycles. The van der Waals surface area contributed by atoms with Crippen LogP contribution in [0.4, 0.5) is 4.39 Å². The molecule has 29 heavy (non-hydrogen) atoms. The van der Waals surface area contributed by atoms with Gasteiger partial charge in [0, 0.05) is 6.08 Å². The van der Waals surface area contributed by atoms with Crippen molar-refractivity contribution in [3.8, 4) is 17.2 Å². The number of methoxy groups -OCH3 is 2. The van der Waals surface area contributed by atoms with Crippen molar-refractivity contribution in [2.24, 2.45) is 0 Å². The molecule has 0 saturated carbocycles. The molecule has 0 fully saturated rings. The minimum Gasteiger partial charge on any atom is -0.494 e. The Morgan fingerprint density at radius 2 is 1.79 bits per heavy atom. The smallest absolute Gasteiger partial charge is 0.244 e. The maximum absolute atomic E-state index is 13.9. The second-order valence-electron chi connectivity index (χ2n) is 6.66. The van der Waals surface area contributed by atoms with Gasteiger partial charge in [0.2, 0.25) is 5.91 Å². The van der Waals surface area contributed by atoms with Crippen LogP contribution in [-0.2, 0) is 4.79 Å². The van der Waals surface area contributed by atoms with Gasteiger partial charge in [-0.15, -0.1) is 0 Å².